The zero-order valence-corrected chi connectivity index (χ0v) is 10.8. The summed E-state index contributed by atoms with van der Waals surface area (Å²) in [5.41, 5.74) is 2.71. The van der Waals surface area contributed by atoms with E-state index in [1.165, 1.54) is 0 Å². The topological polar surface area (TPSA) is 111 Å². The van der Waals surface area contributed by atoms with Gasteiger partial charge in [-0.25, -0.2) is 9.18 Å². The maximum Gasteiger partial charge on any atom is 0.351 e. The zero-order chi connectivity index (χ0) is 14.9. The number of nitrogens with two attached hydrogens (primary N) is 1. The third-order valence-electron chi connectivity index (χ3n) is 3.05. The second-order valence-corrected chi connectivity index (χ2v) is 4.44. The molecule has 1 aliphatic rings. The number of rotatable bonds is 2. The van der Waals surface area contributed by atoms with Crippen LogP contribution in [0.1, 0.15) is 12.6 Å². The monoisotopic (exact) mass is 303 g/mol. The number of nitrogens with zero attached hydrogens (tertiary/aromatic N) is 2. The summed E-state index contributed by atoms with van der Waals surface area (Å²) < 4.78 is 19.6. The van der Waals surface area contributed by atoms with Gasteiger partial charge in [0.1, 0.15) is 12.3 Å². The molecule has 0 unspecified atom stereocenters. The molecular formula is C11H11ClFN3O4. The van der Waals surface area contributed by atoms with E-state index >= 15 is 0 Å². The summed E-state index contributed by atoms with van der Waals surface area (Å²) in [7, 11) is 0. The predicted molar refractivity (Wildman–Crippen MR) is 67.1 cm³/mol. The van der Waals surface area contributed by atoms with Crippen molar-refractivity contribution in [2.45, 2.75) is 24.4 Å². The fourth-order valence-electron chi connectivity index (χ4n) is 1.96. The van der Waals surface area contributed by atoms with E-state index in [-0.39, 0.29) is 6.42 Å². The Bertz CT molecular complexity index is 641. The summed E-state index contributed by atoms with van der Waals surface area (Å²) in [6.07, 6.45) is -1.50. The van der Waals surface area contributed by atoms with Gasteiger partial charge in [0, 0.05) is 11.8 Å². The Hall–Kier alpha value is -1.66. The molecule has 0 aliphatic carbocycles. The van der Waals surface area contributed by atoms with Gasteiger partial charge in [0.15, 0.2) is 17.2 Å². The van der Waals surface area contributed by atoms with Crippen molar-refractivity contribution in [2.24, 2.45) is 0 Å². The van der Waals surface area contributed by atoms with E-state index in [0.717, 1.165) is 10.8 Å². The number of ether oxygens (including phenoxy) is 1. The van der Waals surface area contributed by atoms with Crippen molar-refractivity contribution in [1.82, 2.24) is 9.55 Å². The molecule has 1 aromatic heterocycles. The van der Waals surface area contributed by atoms with Crippen LogP contribution in [-0.2, 0) is 4.74 Å². The first-order valence-corrected chi connectivity index (χ1v) is 5.95. The molecule has 0 bridgehead atoms. The molecule has 108 valence electrons. The molecule has 3 atom stereocenters. The Balaban J connectivity index is 2.40. The van der Waals surface area contributed by atoms with Crippen LogP contribution >= 0.6 is 11.6 Å². The highest BCUT2D eigenvalue weighted by atomic mass is 35.5. The quantitative estimate of drug-likeness (QED) is 0.615. The lowest BCUT2D eigenvalue weighted by molar-refractivity contribution is -0.0914. The summed E-state index contributed by atoms with van der Waals surface area (Å²) in [6, 6.07) is 0. The van der Waals surface area contributed by atoms with Crippen molar-refractivity contribution in [2.75, 3.05) is 12.3 Å². The highest BCUT2D eigenvalue weighted by Gasteiger charge is 2.48. The lowest BCUT2D eigenvalue weighted by atomic mass is 9.99. The van der Waals surface area contributed by atoms with E-state index in [9.17, 15) is 19.4 Å². The van der Waals surface area contributed by atoms with Crippen LogP contribution in [0.15, 0.2) is 11.0 Å². The number of hydrogen-bond donors (Lipinski definition) is 3. The lowest BCUT2D eigenvalue weighted by Crippen LogP contribution is -2.41. The van der Waals surface area contributed by atoms with E-state index in [1.807, 2.05) is 5.38 Å². The fourth-order valence-corrected chi connectivity index (χ4v) is 2.12. The SMILES string of the molecule is Nc1nc(=O)n([C@H]2C[C@H](O)[C@@](C#CCl)(CO)O2)cc1F. The van der Waals surface area contributed by atoms with Crippen LogP contribution in [-0.4, -0.2) is 38.1 Å². The molecule has 1 aromatic rings. The highest BCUT2D eigenvalue weighted by molar-refractivity contribution is 6.30. The lowest BCUT2D eigenvalue weighted by Gasteiger charge is -2.23. The summed E-state index contributed by atoms with van der Waals surface area (Å²) in [5.74, 6) is 0.917. The van der Waals surface area contributed by atoms with Crippen molar-refractivity contribution in [1.29, 1.82) is 0 Å². The van der Waals surface area contributed by atoms with Gasteiger partial charge in [-0.3, -0.25) is 4.57 Å². The molecule has 9 heteroatoms. The minimum absolute atomic E-state index is 0.0862. The third-order valence-corrected chi connectivity index (χ3v) is 3.14. The van der Waals surface area contributed by atoms with Crippen LogP contribution in [0.5, 0.6) is 0 Å². The molecule has 0 amide bonds. The number of aliphatic hydroxyl groups excluding tert-OH is 2. The molecule has 0 radical (unpaired) electrons. The summed E-state index contributed by atoms with van der Waals surface area (Å²) in [4.78, 5) is 14.9. The van der Waals surface area contributed by atoms with Gasteiger partial charge in [-0.1, -0.05) is 0 Å². The molecule has 0 spiro atoms. The van der Waals surface area contributed by atoms with E-state index in [0.29, 0.717) is 0 Å². The minimum Gasteiger partial charge on any atom is -0.392 e. The number of hydrogen-bond acceptors (Lipinski definition) is 6. The fraction of sp³-hybridized carbons (Fsp3) is 0.455. The average Bonchev–Trinajstić information content (AvgIpc) is 2.72. The molecule has 2 heterocycles. The van der Waals surface area contributed by atoms with Crippen LogP contribution < -0.4 is 11.4 Å². The number of aromatic nitrogens is 2. The Morgan fingerprint density at radius 2 is 2.45 bits per heavy atom. The van der Waals surface area contributed by atoms with Crippen molar-refractivity contribution in [3.63, 3.8) is 0 Å². The highest BCUT2D eigenvalue weighted by Crippen LogP contribution is 2.35. The largest absolute Gasteiger partial charge is 0.392 e. The molecule has 0 saturated carbocycles. The van der Waals surface area contributed by atoms with Gasteiger partial charge in [0.2, 0.25) is 0 Å². The van der Waals surface area contributed by atoms with Crippen molar-refractivity contribution >= 4 is 17.4 Å². The molecule has 2 rings (SSSR count). The smallest absolute Gasteiger partial charge is 0.351 e. The molecule has 20 heavy (non-hydrogen) atoms. The van der Waals surface area contributed by atoms with Crippen LogP contribution in [0.3, 0.4) is 0 Å². The van der Waals surface area contributed by atoms with Crippen molar-refractivity contribution < 1.29 is 19.3 Å². The normalized spacial score (nSPS) is 29.0. The van der Waals surface area contributed by atoms with E-state index in [1.54, 1.807) is 0 Å². The second kappa shape index (κ2) is 5.38. The molecular weight excluding hydrogens is 293 g/mol. The first kappa shape index (κ1) is 14.7. The Labute approximate surface area is 117 Å². The van der Waals surface area contributed by atoms with Gasteiger partial charge < -0.3 is 20.7 Å². The maximum atomic E-state index is 13.4. The average molecular weight is 304 g/mol. The molecule has 1 aliphatic heterocycles. The van der Waals surface area contributed by atoms with E-state index < -0.39 is 41.9 Å². The second-order valence-electron chi connectivity index (χ2n) is 4.26. The number of nitrogen functional groups attached to an aromatic ring is 1. The molecule has 1 fully saturated rings. The maximum absolute atomic E-state index is 13.4. The number of halogens is 2. The molecule has 7 nitrogen and oxygen atoms in total. The number of anilines is 1. The molecule has 1 saturated heterocycles. The van der Waals surface area contributed by atoms with Gasteiger partial charge >= 0.3 is 5.69 Å². The number of aliphatic hydroxyl groups is 2. The van der Waals surface area contributed by atoms with Gasteiger partial charge in [-0.2, -0.15) is 4.98 Å². The van der Waals surface area contributed by atoms with Gasteiger partial charge in [-0.05, 0) is 17.5 Å². The standard InChI is InChI=1S/C11H11ClFN3O4/c12-2-1-11(5-17)7(18)3-8(20-11)16-4-6(13)9(14)15-10(16)19/h4,7-8,17-18H,3,5H2,(H2,14,15,19)/t7-,8+,11+/m0/s1. The zero-order valence-electron chi connectivity index (χ0n) is 10.1. The van der Waals surface area contributed by atoms with Crippen molar-refractivity contribution in [3.05, 3.63) is 22.5 Å². The minimum atomic E-state index is -1.62. The molecule has 0 aromatic carbocycles. The predicted octanol–water partition coefficient (Wildman–Crippen LogP) is -0.825. The van der Waals surface area contributed by atoms with Gasteiger partial charge in [-0.15, -0.1) is 0 Å². The van der Waals surface area contributed by atoms with Crippen LogP contribution in [0.4, 0.5) is 10.2 Å². The van der Waals surface area contributed by atoms with Crippen LogP contribution in [0.2, 0.25) is 0 Å². The Kier molecular flexibility index (Phi) is 3.96. The summed E-state index contributed by atoms with van der Waals surface area (Å²) >= 11 is 5.27. The van der Waals surface area contributed by atoms with Crippen LogP contribution in [0, 0.1) is 17.1 Å². The van der Waals surface area contributed by atoms with E-state index in [4.69, 9.17) is 22.1 Å². The molecule has 4 N–H and O–H groups in total. The van der Waals surface area contributed by atoms with E-state index in [2.05, 4.69) is 10.9 Å². The first-order valence-electron chi connectivity index (χ1n) is 5.57. The van der Waals surface area contributed by atoms with Gasteiger partial charge in [0.05, 0.1) is 12.8 Å². The summed E-state index contributed by atoms with van der Waals surface area (Å²) in [5, 5.41) is 21.2. The van der Waals surface area contributed by atoms with Crippen LogP contribution in [0.25, 0.3) is 0 Å². The van der Waals surface area contributed by atoms with Gasteiger partial charge in [0.25, 0.3) is 0 Å². The Morgan fingerprint density at radius 1 is 1.75 bits per heavy atom. The first-order chi connectivity index (χ1) is 9.43. The van der Waals surface area contributed by atoms with Crippen molar-refractivity contribution in [3.8, 4) is 11.3 Å². The Morgan fingerprint density at radius 3 is 3.05 bits per heavy atom. The summed E-state index contributed by atoms with van der Waals surface area (Å²) in [6.45, 7) is -0.635. The third kappa shape index (κ3) is 2.36.